The number of sulfonamides is 1. The molecule has 0 spiro atoms. The maximum atomic E-state index is 11.7. The predicted molar refractivity (Wildman–Crippen MR) is 78.4 cm³/mol. The maximum Gasteiger partial charge on any atom is 0.240 e. The Morgan fingerprint density at radius 1 is 1.38 bits per heavy atom. The molecule has 0 aliphatic carbocycles. The summed E-state index contributed by atoms with van der Waals surface area (Å²) in [5.41, 5.74) is 1.35. The lowest BCUT2D eigenvalue weighted by Crippen LogP contribution is -2.40. The van der Waals surface area contributed by atoms with Gasteiger partial charge in [0.15, 0.2) is 0 Å². The molecule has 0 unspecified atom stereocenters. The van der Waals surface area contributed by atoms with Gasteiger partial charge in [0.2, 0.25) is 15.9 Å². The van der Waals surface area contributed by atoms with E-state index in [-0.39, 0.29) is 6.54 Å². The van der Waals surface area contributed by atoms with Gasteiger partial charge in [-0.05, 0) is 12.1 Å². The van der Waals surface area contributed by atoms with Gasteiger partial charge in [-0.25, -0.2) is 8.42 Å². The van der Waals surface area contributed by atoms with E-state index in [0.29, 0.717) is 23.7 Å². The Morgan fingerprint density at radius 2 is 2.14 bits per heavy atom. The normalized spacial score (nSPS) is 14.8. The molecule has 1 aliphatic heterocycles. The molecular formula is C12H15N5O3S. The minimum atomic E-state index is -3.39. The number of carbonyl (C=O) groups excluding carboxylic acids is 1. The van der Waals surface area contributed by atoms with Crippen LogP contribution in [0.15, 0.2) is 34.6 Å². The van der Waals surface area contributed by atoms with Gasteiger partial charge in [-0.1, -0.05) is 6.07 Å². The van der Waals surface area contributed by atoms with Crippen molar-refractivity contribution in [3.8, 4) is 0 Å². The molecular weight excluding hydrogens is 294 g/mol. The molecule has 0 aromatic carbocycles. The molecule has 2 rings (SSSR count). The van der Waals surface area contributed by atoms with Crippen molar-refractivity contribution in [3.05, 3.63) is 30.1 Å². The van der Waals surface area contributed by atoms with E-state index in [4.69, 9.17) is 0 Å². The average Bonchev–Trinajstić information content (AvgIpc) is 2.87. The molecule has 8 nitrogen and oxygen atoms in total. The zero-order valence-electron chi connectivity index (χ0n) is 11.6. The van der Waals surface area contributed by atoms with Crippen LogP contribution in [0.4, 0.5) is 0 Å². The van der Waals surface area contributed by atoms with E-state index in [1.54, 1.807) is 18.3 Å². The third-order valence-corrected chi connectivity index (χ3v) is 4.06. The SMILES string of the molecule is CN(CC(=O)NC1=NN=C(c2ccccn2)C1)S(C)(=O)=O. The zero-order valence-corrected chi connectivity index (χ0v) is 12.5. The van der Waals surface area contributed by atoms with Crippen LogP contribution in [-0.2, 0) is 14.8 Å². The van der Waals surface area contributed by atoms with Crippen molar-refractivity contribution in [1.29, 1.82) is 0 Å². The van der Waals surface area contributed by atoms with Gasteiger partial charge in [0.05, 0.1) is 30.6 Å². The van der Waals surface area contributed by atoms with Crippen molar-refractivity contribution in [2.75, 3.05) is 19.8 Å². The lowest BCUT2D eigenvalue weighted by molar-refractivity contribution is -0.119. The number of hydrogen-bond acceptors (Lipinski definition) is 6. The summed E-state index contributed by atoms with van der Waals surface area (Å²) in [4.78, 5) is 15.9. The van der Waals surface area contributed by atoms with E-state index in [0.717, 1.165) is 10.6 Å². The van der Waals surface area contributed by atoms with Crippen LogP contribution in [0, 0.1) is 0 Å². The van der Waals surface area contributed by atoms with Gasteiger partial charge in [-0.2, -0.15) is 9.41 Å². The third-order valence-electron chi connectivity index (χ3n) is 2.80. The van der Waals surface area contributed by atoms with Gasteiger partial charge in [0.25, 0.3) is 0 Å². The van der Waals surface area contributed by atoms with E-state index >= 15 is 0 Å². The van der Waals surface area contributed by atoms with Crippen LogP contribution in [0.25, 0.3) is 0 Å². The highest BCUT2D eigenvalue weighted by Gasteiger charge is 2.20. The largest absolute Gasteiger partial charge is 0.311 e. The van der Waals surface area contributed by atoms with Crippen molar-refractivity contribution in [2.45, 2.75) is 6.42 Å². The number of likely N-dealkylation sites (N-methyl/N-ethyl adjacent to an activating group) is 1. The van der Waals surface area contributed by atoms with Crippen LogP contribution in [0.1, 0.15) is 12.1 Å². The number of amidine groups is 1. The molecule has 0 atom stereocenters. The van der Waals surface area contributed by atoms with Crippen LogP contribution >= 0.6 is 0 Å². The van der Waals surface area contributed by atoms with Gasteiger partial charge in [-0.3, -0.25) is 9.78 Å². The second-order valence-electron chi connectivity index (χ2n) is 4.55. The van der Waals surface area contributed by atoms with Gasteiger partial charge in [0.1, 0.15) is 5.84 Å². The van der Waals surface area contributed by atoms with E-state index in [1.165, 1.54) is 7.05 Å². The highest BCUT2D eigenvalue weighted by Crippen LogP contribution is 2.08. The first-order valence-corrected chi connectivity index (χ1v) is 7.97. The Hall–Kier alpha value is -2.13. The molecule has 0 saturated heterocycles. The minimum absolute atomic E-state index is 0.267. The molecule has 1 aliphatic rings. The fourth-order valence-electron chi connectivity index (χ4n) is 1.61. The topological polar surface area (TPSA) is 104 Å². The Kier molecular flexibility index (Phi) is 4.43. The number of pyridine rings is 1. The fourth-order valence-corrected chi connectivity index (χ4v) is 1.97. The van der Waals surface area contributed by atoms with Gasteiger partial charge in [0, 0.05) is 13.2 Å². The van der Waals surface area contributed by atoms with Gasteiger partial charge < -0.3 is 5.32 Å². The zero-order chi connectivity index (χ0) is 15.5. The predicted octanol–water partition coefficient (Wildman–Crippen LogP) is -0.405. The van der Waals surface area contributed by atoms with E-state index in [2.05, 4.69) is 20.5 Å². The summed E-state index contributed by atoms with van der Waals surface area (Å²) in [5.74, 6) is -0.0818. The minimum Gasteiger partial charge on any atom is -0.311 e. The number of amides is 1. The lowest BCUT2D eigenvalue weighted by Gasteiger charge is -2.13. The van der Waals surface area contributed by atoms with Crippen molar-refractivity contribution >= 4 is 27.5 Å². The van der Waals surface area contributed by atoms with E-state index in [1.807, 2.05) is 6.07 Å². The Labute approximate surface area is 122 Å². The summed E-state index contributed by atoms with van der Waals surface area (Å²) in [6.45, 7) is -0.267. The van der Waals surface area contributed by atoms with Crippen molar-refractivity contribution < 1.29 is 13.2 Å². The Morgan fingerprint density at radius 3 is 2.76 bits per heavy atom. The molecule has 0 bridgehead atoms. The molecule has 21 heavy (non-hydrogen) atoms. The molecule has 2 heterocycles. The average molecular weight is 309 g/mol. The first-order valence-electron chi connectivity index (χ1n) is 6.12. The Bertz CT molecular complexity index is 697. The van der Waals surface area contributed by atoms with Gasteiger partial charge in [-0.15, -0.1) is 5.10 Å². The number of carbonyl (C=O) groups is 1. The summed E-state index contributed by atoms with van der Waals surface area (Å²) < 4.78 is 23.4. The summed E-state index contributed by atoms with van der Waals surface area (Å²) >= 11 is 0. The maximum absolute atomic E-state index is 11.7. The number of rotatable bonds is 4. The molecule has 1 aromatic heterocycles. The molecule has 0 fully saturated rings. The quantitative estimate of drug-likeness (QED) is 0.816. The van der Waals surface area contributed by atoms with E-state index < -0.39 is 15.9 Å². The fraction of sp³-hybridized carbons (Fsp3) is 0.333. The summed E-state index contributed by atoms with van der Waals surface area (Å²) in [6, 6.07) is 5.43. The number of hydrogen-bond donors (Lipinski definition) is 1. The number of nitrogens with zero attached hydrogens (tertiary/aromatic N) is 4. The van der Waals surface area contributed by atoms with Crippen LogP contribution in [0.5, 0.6) is 0 Å². The summed E-state index contributed by atoms with van der Waals surface area (Å²) in [6.07, 6.45) is 3.04. The summed E-state index contributed by atoms with van der Waals surface area (Å²) in [7, 11) is -2.06. The molecule has 0 saturated carbocycles. The molecule has 1 N–H and O–H groups in total. The van der Waals surface area contributed by atoms with Crippen molar-refractivity contribution in [2.24, 2.45) is 10.2 Å². The first kappa shape index (κ1) is 15.3. The van der Waals surface area contributed by atoms with Crippen LogP contribution < -0.4 is 5.32 Å². The van der Waals surface area contributed by atoms with Crippen LogP contribution in [0.2, 0.25) is 0 Å². The second kappa shape index (κ2) is 6.10. The molecule has 1 aromatic rings. The van der Waals surface area contributed by atoms with Gasteiger partial charge >= 0.3 is 0 Å². The number of aromatic nitrogens is 1. The van der Waals surface area contributed by atoms with Crippen LogP contribution in [-0.4, -0.2) is 55.0 Å². The number of nitrogens with one attached hydrogen (secondary N) is 1. The highest BCUT2D eigenvalue weighted by atomic mass is 32.2. The monoisotopic (exact) mass is 309 g/mol. The smallest absolute Gasteiger partial charge is 0.240 e. The summed E-state index contributed by atoms with van der Waals surface area (Å²) in [5, 5.41) is 10.4. The molecule has 112 valence electrons. The molecule has 0 radical (unpaired) electrons. The lowest BCUT2D eigenvalue weighted by atomic mass is 10.2. The van der Waals surface area contributed by atoms with Crippen LogP contribution in [0.3, 0.4) is 0 Å². The van der Waals surface area contributed by atoms with E-state index in [9.17, 15) is 13.2 Å². The standard InChI is InChI=1S/C12H15N5O3S/c1-17(21(2,19)20)8-12(18)14-11-7-10(15-16-11)9-5-3-4-6-13-9/h3-6H,7-8H2,1-2H3,(H,14,16,18). The first-order chi connectivity index (χ1) is 9.86. The Balaban J connectivity index is 1.89. The molecule has 9 heteroatoms. The second-order valence-corrected chi connectivity index (χ2v) is 6.64. The highest BCUT2D eigenvalue weighted by molar-refractivity contribution is 7.88. The van der Waals surface area contributed by atoms with Crippen molar-refractivity contribution in [3.63, 3.8) is 0 Å². The third kappa shape index (κ3) is 4.17. The van der Waals surface area contributed by atoms with Crippen molar-refractivity contribution in [1.82, 2.24) is 14.6 Å². The molecule has 1 amide bonds.